The molecule has 0 bridgehead atoms. The van der Waals surface area contributed by atoms with Crippen LogP contribution >= 0.6 is 11.8 Å². The van der Waals surface area contributed by atoms with Crippen molar-refractivity contribution in [2.75, 3.05) is 30.8 Å². The highest BCUT2D eigenvalue weighted by Crippen LogP contribution is 2.34. The van der Waals surface area contributed by atoms with Crippen LogP contribution in [0.3, 0.4) is 0 Å². The normalized spacial score (nSPS) is 13.0. The Bertz CT molecular complexity index is 621. The van der Waals surface area contributed by atoms with E-state index in [0.29, 0.717) is 13.2 Å². The number of rotatable bonds is 5. The molecule has 2 aromatic rings. The summed E-state index contributed by atoms with van der Waals surface area (Å²) in [5.41, 5.74) is 0.803. The number of thioether (sulfide) groups is 1. The third kappa shape index (κ3) is 3.82. The van der Waals surface area contributed by atoms with Gasteiger partial charge in [0.15, 0.2) is 11.5 Å². The average Bonchev–Trinajstić information content (AvgIpc) is 2.51. The van der Waals surface area contributed by atoms with Gasteiger partial charge in [-0.1, -0.05) is 6.07 Å². The molecule has 3 rings (SSSR count). The Hall–Kier alpha value is -1.88. The first-order chi connectivity index (χ1) is 10.3. The molecule has 2 aromatic carbocycles. The largest absolute Gasteiger partial charge is 0.486 e. The summed E-state index contributed by atoms with van der Waals surface area (Å²) in [4.78, 5) is 1.14. The Morgan fingerprint density at radius 1 is 1.05 bits per heavy atom. The van der Waals surface area contributed by atoms with Gasteiger partial charge in [-0.25, -0.2) is 4.39 Å². The molecule has 110 valence electrons. The van der Waals surface area contributed by atoms with Crippen LogP contribution in [0.4, 0.5) is 10.1 Å². The van der Waals surface area contributed by atoms with Crippen molar-refractivity contribution in [1.82, 2.24) is 0 Å². The predicted molar refractivity (Wildman–Crippen MR) is 83.0 cm³/mol. The molecule has 1 aliphatic heterocycles. The third-order valence-corrected chi connectivity index (χ3v) is 4.03. The van der Waals surface area contributed by atoms with Crippen LogP contribution in [0.2, 0.25) is 0 Å². The maximum absolute atomic E-state index is 13.0. The first-order valence-corrected chi connectivity index (χ1v) is 7.82. The van der Waals surface area contributed by atoms with Crippen LogP contribution < -0.4 is 14.8 Å². The molecule has 0 aromatic heterocycles. The van der Waals surface area contributed by atoms with Crippen molar-refractivity contribution in [3.05, 3.63) is 48.3 Å². The maximum Gasteiger partial charge on any atom is 0.162 e. The molecule has 0 aliphatic carbocycles. The molecule has 0 unspecified atom stereocenters. The third-order valence-electron chi connectivity index (χ3n) is 3.04. The summed E-state index contributed by atoms with van der Waals surface area (Å²) in [7, 11) is 0. The summed E-state index contributed by atoms with van der Waals surface area (Å²) in [6, 6.07) is 12.5. The second-order valence-electron chi connectivity index (χ2n) is 4.59. The molecular formula is C16H16FNO2S. The van der Waals surface area contributed by atoms with Gasteiger partial charge in [-0.05, 0) is 36.4 Å². The molecule has 0 spiro atoms. The van der Waals surface area contributed by atoms with Gasteiger partial charge in [0.1, 0.15) is 19.0 Å². The fraction of sp³-hybridized carbons (Fsp3) is 0.250. The van der Waals surface area contributed by atoms with E-state index in [1.807, 2.05) is 24.3 Å². The average molecular weight is 305 g/mol. The minimum atomic E-state index is -0.223. The second-order valence-corrected chi connectivity index (χ2v) is 5.76. The van der Waals surface area contributed by atoms with Crippen LogP contribution in [0, 0.1) is 5.82 Å². The number of hydrogen-bond donors (Lipinski definition) is 1. The lowest BCUT2D eigenvalue weighted by atomic mass is 10.3. The predicted octanol–water partition coefficient (Wildman–Crippen LogP) is 3.80. The molecular weight excluding hydrogens is 289 g/mol. The van der Waals surface area contributed by atoms with Crippen LogP contribution in [0.5, 0.6) is 11.5 Å². The minimum Gasteiger partial charge on any atom is -0.486 e. The van der Waals surface area contributed by atoms with Gasteiger partial charge < -0.3 is 14.8 Å². The first-order valence-electron chi connectivity index (χ1n) is 6.83. The Balaban J connectivity index is 1.49. The summed E-state index contributed by atoms with van der Waals surface area (Å²) < 4.78 is 24.1. The van der Waals surface area contributed by atoms with Gasteiger partial charge in [0.05, 0.1) is 0 Å². The molecule has 0 amide bonds. The fourth-order valence-electron chi connectivity index (χ4n) is 2.08. The number of benzene rings is 2. The van der Waals surface area contributed by atoms with E-state index in [1.165, 1.54) is 12.1 Å². The number of anilines is 1. The van der Waals surface area contributed by atoms with Crippen LogP contribution in [-0.2, 0) is 0 Å². The van der Waals surface area contributed by atoms with Gasteiger partial charge in [0, 0.05) is 22.9 Å². The molecule has 3 nitrogen and oxygen atoms in total. The number of nitrogens with one attached hydrogen (secondary N) is 1. The summed E-state index contributed by atoms with van der Waals surface area (Å²) in [6.07, 6.45) is 0. The van der Waals surface area contributed by atoms with Gasteiger partial charge in [-0.2, -0.15) is 0 Å². The highest BCUT2D eigenvalue weighted by atomic mass is 32.2. The molecule has 0 radical (unpaired) electrons. The van der Waals surface area contributed by atoms with E-state index in [2.05, 4.69) is 5.32 Å². The van der Waals surface area contributed by atoms with E-state index in [-0.39, 0.29) is 5.82 Å². The van der Waals surface area contributed by atoms with Crippen molar-refractivity contribution in [2.24, 2.45) is 0 Å². The Labute approximate surface area is 127 Å². The van der Waals surface area contributed by atoms with E-state index in [0.717, 1.165) is 34.4 Å². The summed E-state index contributed by atoms with van der Waals surface area (Å²) in [5, 5.41) is 3.20. The van der Waals surface area contributed by atoms with Gasteiger partial charge in [0.25, 0.3) is 0 Å². The van der Waals surface area contributed by atoms with E-state index < -0.39 is 0 Å². The molecule has 1 aliphatic rings. The van der Waals surface area contributed by atoms with E-state index in [9.17, 15) is 4.39 Å². The standard InChI is InChI=1S/C16H16FNO2S/c17-12-2-1-3-13(10-12)18-6-9-21-14-4-5-15-16(11-14)20-8-7-19-15/h1-5,10-11,18H,6-9H2. The number of halogens is 1. The Morgan fingerprint density at radius 3 is 2.76 bits per heavy atom. The van der Waals surface area contributed by atoms with Crippen LogP contribution in [-0.4, -0.2) is 25.5 Å². The zero-order valence-corrected chi connectivity index (χ0v) is 12.3. The molecule has 5 heteroatoms. The number of ether oxygens (including phenoxy) is 2. The highest BCUT2D eigenvalue weighted by molar-refractivity contribution is 7.99. The second kappa shape index (κ2) is 6.72. The quantitative estimate of drug-likeness (QED) is 0.672. The Morgan fingerprint density at radius 2 is 1.90 bits per heavy atom. The molecule has 21 heavy (non-hydrogen) atoms. The van der Waals surface area contributed by atoms with Gasteiger partial charge >= 0.3 is 0 Å². The topological polar surface area (TPSA) is 30.5 Å². The van der Waals surface area contributed by atoms with Crippen LogP contribution in [0.1, 0.15) is 0 Å². The van der Waals surface area contributed by atoms with E-state index >= 15 is 0 Å². The molecule has 0 saturated heterocycles. The lowest BCUT2D eigenvalue weighted by Crippen LogP contribution is -2.15. The van der Waals surface area contributed by atoms with Crippen molar-refractivity contribution < 1.29 is 13.9 Å². The van der Waals surface area contributed by atoms with Gasteiger partial charge in [0.2, 0.25) is 0 Å². The summed E-state index contributed by atoms with van der Waals surface area (Å²) in [5.74, 6) is 2.28. The van der Waals surface area contributed by atoms with Crippen molar-refractivity contribution in [3.63, 3.8) is 0 Å². The zero-order chi connectivity index (χ0) is 14.5. The molecule has 0 fully saturated rings. The molecule has 0 saturated carbocycles. The maximum atomic E-state index is 13.0. The smallest absolute Gasteiger partial charge is 0.162 e. The highest BCUT2D eigenvalue weighted by Gasteiger charge is 2.11. The molecule has 0 atom stereocenters. The van der Waals surface area contributed by atoms with Crippen LogP contribution in [0.25, 0.3) is 0 Å². The van der Waals surface area contributed by atoms with E-state index in [4.69, 9.17) is 9.47 Å². The SMILES string of the molecule is Fc1cccc(NCCSc2ccc3c(c2)OCCO3)c1. The van der Waals surface area contributed by atoms with Crippen molar-refractivity contribution in [1.29, 1.82) is 0 Å². The fourth-order valence-corrected chi connectivity index (χ4v) is 2.87. The lowest BCUT2D eigenvalue weighted by Gasteiger charge is -2.18. The van der Waals surface area contributed by atoms with Gasteiger partial charge in [-0.3, -0.25) is 0 Å². The minimum absolute atomic E-state index is 0.223. The lowest BCUT2D eigenvalue weighted by molar-refractivity contribution is 0.171. The van der Waals surface area contributed by atoms with Crippen molar-refractivity contribution >= 4 is 17.4 Å². The summed E-state index contributed by atoms with van der Waals surface area (Å²) >= 11 is 1.72. The zero-order valence-electron chi connectivity index (χ0n) is 11.5. The summed E-state index contributed by atoms with van der Waals surface area (Å²) in [6.45, 7) is 1.97. The van der Waals surface area contributed by atoms with E-state index in [1.54, 1.807) is 17.8 Å². The first kappa shape index (κ1) is 14.1. The van der Waals surface area contributed by atoms with Crippen molar-refractivity contribution in [3.8, 4) is 11.5 Å². The number of fused-ring (bicyclic) bond motifs is 1. The molecule has 1 heterocycles. The van der Waals surface area contributed by atoms with Crippen molar-refractivity contribution in [2.45, 2.75) is 4.90 Å². The van der Waals surface area contributed by atoms with Gasteiger partial charge in [-0.15, -0.1) is 11.8 Å². The number of hydrogen-bond acceptors (Lipinski definition) is 4. The molecule has 1 N–H and O–H groups in total. The monoisotopic (exact) mass is 305 g/mol. The Kier molecular flexibility index (Phi) is 4.50. The van der Waals surface area contributed by atoms with Crippen LogP contribution in [0.15, 0.2) is 47.4 Å².